The Morgan fingerprint density at radius 3 is 2.42 bits per heavy atom. The molecule has 0 aliphatic carbocycles. The second-order valence-electron chi connectivity index (χ2n) is 5.52. The number of hydrogen-bond acceptors (Lipinski definition) is 3. The summed E-state index contributed by atoms with van der Waals surface area (Å²) in [5, 5.41) is 0.384. The molecule has 1 aromatic rings. The van der Waals surface area contributed by atoms with E-state index in [-0.39, 0.29) is 0 Å². The number of hydrogen-bond donors (Lipinski definition) is 0. The van der Waals surface area contributed by atoms with Crippen molar-refractivity contribution in [2.45, 2.75) is 38.9 Å². The Hall–Kier alpha value is -0.905. The van der Waals surface area contributed by atoms with Crippen molar-refractivity contribution in [2.24, 2.45) is 0 Å². The third kappa shape index (κ3) is 2.99. The highest BCUT2D eigenvalue weighted by Crippen LogP contribution is 2.37. The van der Waals surface area contributed by atoms with Gasteiger partial charge in [0.2, 0.25) is 5.95 Å². The Balaban J connectivity index is 2.15. The summed E-state index contributed by atoms with van der Waals surface area (Å²) >= 11 is 5.78. The highest BCUT2D eigenvalue weighted by molar-refractivity contribution is 6.52. The van der Waals surface area contributed by atoms with Gasteiger partial charge in [-0.3, -0.25) is 0 Å². The van der Waals surface area contributed by atoms with Crippen molar-refractivity contribution < 1.29 is 13.7 Å². The lowest BCUT2D eigenvalue weighted by Crippen LogP contribution is -2.41. The lowest BCUT2D eigenvalue weighted by Gasteiger charge is -2.32. The van der Waals surface area contributed by atoms with Crippen LogP contribution in [0.25, 0.3) is 6.08 Å². The van der Waals surface area contributed by atoms with E-state index in [1.54, 1.807) is 12.1 Å². The quantitative estimate of drug-likeness (QED) is 0.615. The first-order chi connectivity index (χ1) is 8.71. The summed E-state index contributed by atoms with van der Waals surface area (Å²) in [7, 11) is -0.511. The average Bonchev–Trinajstić information content (AvgIpc) is 2.49. The molecule has 1 aliphatic heterocycles. The zero-order chi connectivity index (χ0) is 14.3. The van der Waals surface area contributed by atoms with Crippen molar-refractivity contribution in [1.82, 2.24) is 4.98 Å². The molecule has 0 bridgehead atoms. The third-order valence-corrected chi connectivity index (χ3v) is 3.74. The molecule has 0 amide bonds. The molecule has 1 saturated heterocycles. The van der Waals surface area contributed by atoms with Gasteiger partial charge in [0.1, 0.15) is 0 Å². The molecule has 0 radical (unpaired) electrons. The van der Waals surface area contributed by atoms with E-state index in [9.17, 15) is 4.39 Å². The number of pyridine rings is 1. The van der Waals surface area contributed by atoms with Crippen molar-refractivity contribution in [3.05, 3.63) is 34.8 Å². The van der Waals surface area contributed by atoms with Gasteiger partial charge in [0.05, 0.1) is 16.2 Å². The van der Waals surface area contributed by atoms with Crippen molar-refractivity contribution in [1.29, 1.82) is 0 Å². The topological polar surface area (TPSA) is 31.4 Å². The monoisotopic (exact) mass is 283 g/mol. The van der Waals surface area contributed by atoms with Crippen molar-refractivity contribution in [2.75, 3.05) is 0 Å². The maximum Gasteiger partial charge on any atom is 0.487 e. The Kier molecular flexibility index (Phi) is 3.73. The maximum absolute atomic E-state index is 13.4. The molecule has 3 nitrogen and oxygen atoms in total. The second kappa shape index (κ2) is 4.89. The minimum atomic E-state index is -0.572. The molecular formula is C13H16BClFNO2. The van der Waals surface area contributed by atoms with Crippen LogP contribution in [0.2, 0.25) is 5.02 Å². The summed E-state index contributed by atoms with van der Waals surface area (Å²) in [5.41, 5.74) is -0.512. The molecule has 1 aromatic heterocycles. The van der Waals surface area contributed by atoms with E-state index in [1.807, 2.05) is 27.7 Å². The summed E-state index contributed by atoms with van der Waals surface area (Å²) in [6, 6.07) is 1.51. The van der Waals surface area contributed by atoms with Gasteiger partial charge in [-0.2, -0.15) is 4.39 Å². The van der Waals surface area contributed by atoms with Gasteiger partial charge in [-0.1, -0.05) is 23.7 Å². The Morgan fingerprint density at radius 2 is 1.84 bits per heavy atom. The van der Waals surface area contributed by atoms with Gasteiger partial charge in [0, 0.05) is 11.8 Å². The van der Waals surface area contributed by atoms with E-state index in [0.29, 0.717) is 10.6 Å². The van der Waals surface area contributed by atoms with Crippen LogP contribution >= 0.6 is 11.6 Å². The Morgan fingerprint density at radius 1 is 1.26 bits per heavy atom. The largest absolute Gasteiger partial charge is 0.487 e. The van der Waals surface area contributed by atoms with Crippen molar-refractivity contribution >= 4 is 24.8 Å². The normalized spacial score (nSPS) is 21.3. The van der Waals surface area contributed by atoms with Gasteiger partial charge in [0.25, 0.3) is 0 Å². The second-order valence-corrected chi connectivity index (χ2v) is 5.95. The van der Waals surface area contributed by atoms with Crippen LogP contribution in [0, 0.1) is 5.95 Å². The number of nitrogens with zero attached hydrogens (tertiary/aromatic N) is 1. The zero-order valence-electron chi connectivity index (χ0n) is 11.4. The van der Waals surface area contributed by atoms with E-state index in [0.717, 1.165) is 0 Å². The summed E-state index contributed by atoms with van der Waals surface area (Å²) in [5.74, 6) is 1.09. The molecule has 102 valence electrons. The number of rotatable bonds is 2. The first-order valence-electron chi connectivity index (χ1n) is 6.06. The molecule has 1 aliphatic rings. The van der Waals surface area contributed by atoms with Gasteiger partial charge in [-0.25, -0.2) is 4.98 Å². The first-order valence-corrected chi connectivity index (χ1v) is 6.44. The molecule has 0 spiro atoms. The van der Waals surface area contributed by atoms with Gasteiger partial charge in [-0.05, 0) is 33.8 Å². The third-order valence-electron chi connectivity index (χ3n) is 3.54. The van der Waals surface area contributed by atoms with Gasteiger partial charge >= 0.3 is 7.12 Å². The molecule has 1 fully saturated rings. The fourth-order valence-electron chi connectivity index (χ4n) is 1.70. The average molecular weight is 284 g/mol. The standard InChI is InChI=1S/C13H16BClFNO2/c1-12(2)13(3,4)19-14(18-12)6-5-9-7-10(15)8-17-11(9)16/h5-8H,1-4H3/b6-5+. The summed E-state index contributed by atoms with van der Waals surface area (Å²) in [6.45, 7) is 7.84. The molecule has 0 saturated carbocycles. The van der Waals surface area contributed by atoms with Crippen LogP contribution in [0.5, 0.6) is 0 Å². The molecule has 0 atom stereocenters. The van der Waals surface area contributed by atoms with Crippen LogP contribution in [0.4, 0.5) is 4.39 Å². The van der Waals surface area contributed by atoms with Crippen LogP contribution in [0.15, 0.2) is 18.2 Å². The van der Waals surface area contributed by atoms with Crippen LogP contribution in [-0.4, -0.2) is 23.3 Å². The molecule has 0 unspecified atom stereocenters. The summed E-state index contributed by atoms with van der Waals surface area (Å²) in [4.78, 5) is 3.55. The van der Waals surface area contributed by atoms with E-state index in [1.165, 1.54) is 12.3 Å². The van der Waals surface area contributed by atoms with Crippen molar-refractivity contribution in [3.8, 4) is 0 Å². The fraction of sp³-hybridized carbons (Fsp3) is 0.462. The minimum Gasteiger partial charge on any atom is -0.400 e. The predicted octanol–water partition coefficient (Wildman–Crippen LogP) is 3.52. The minimum absolute atomic E-state index is 0.308. The molecule has 6 heteroatoms. The molecule has 0 N–H and O–H groups in total. The molecule has 19 heavy (non-hydrogen) atoms. The van der Waals surface area contributed by atoms with E-state index >= 15 is 0 Å². The highest BCUT2D eigenvalue weighted by atomic mass is 35.5. The van der Waals surface area contributed by atoms with Crippen LogP contribution in [0.3, 0.4) is 0 Å². The van der Waals surface area contributed by atoms with E-state index in [2.05, 4.69) is 4.98 Å². The molecule has 2 rings (SSSR count). The molecular weight excluding hydrogens is 267 g/mol. The Bertz CT molecular complexity index is 503. The zero-order valence-corrected chi connectivity index (χ0v) is 12.2. The lowest BCUT2D eigenvalue weighted by atomic mass is 9.89. The lowest BCUT2D eigenvalue weighted by molar-refractivity contribution is 0.00578. The van der Waals surface area contributed by atoms with Crippen molar-refractivity contribution in [3.63, 3.8) is 0 Å². The molecule has 2 heterocycles. The summed E-state index contributed by atoms with van der Waals surface area (Å²) in [6.07, 6.45) is 2.83. The van der Waals surface area contributed by atoms with Crippen LogP contribution < -0.4 is 0 Å². The molecule has 0 aromatic carbocycles. The number of aromatic nitrogens is 1. The van der Waals surface area contributed by atoms with Crippen LogP contribution in [0.1, 0.15) is 33.3 Å². The SMILES string of the molecule is CC1(C)OB(/C=C/c2cc(Cl)cnc2F)OC1(C)C. The number of halogens is 2. The van der Waals surface area contributed by atoms with Gasteiger partial charge in [0.15, 0.2) is 0 Å². The smallest absolute Gasteiger partial charge is 0.400 e. The maximum atomic E-state index is 13.4. The summed E-state index contributed by atoms with van der Waals surface area (Å²) < 4.78 is 25.0. The predicted molar refractivity (Wildman–Crippen MR) is 74.3 cm³/mol. The van der Waals surface area contributed by atoms with E-state index in [4.69, 9.17) is 20.9 Å². The fourth-order valence-corrected chi connectivity index (χ4v) is 1.87. The first kappa shape index (κ1) is 14.5. The highest BCUT2D eigenvalue weighted by Gasteiger charge is 2.49. The van der Waals surface area contributed by atoms with Gasteiger partial charge < -0.3 is 9.31 Å². The van der Waals surface area contributed by atoms with E-state index < -0.39 is 24.3 Å². The van der Waals surface area contributed by atoms with Crippen LogP contribution in [-0.2, 0) is 9.31 Å². The Labute approximate surface area is 117 Å². The van der Waals surface area contributed by atoms with Gasteiger partial charge in [-0.15, -0.1) is 0 Å².